The van der Waals surface area contributed by atoms with Crippen molar-refractivity contribution in [3.63, 3.8) is 0 Å². The lowest BCUT2D eigenvalue weighted by molar-refractivity contribution is -0.129. The first kappa shape index (κ1) is 19.1. The number of nitrogens with zero attached hydrogens (tertiary/aromatic N) is 1. The molecule has 3 rings (SSSR count). The summed E-state index contributed by atoms with van der Waals surface area (Å²) in [6.07, 6.45) is 0.260. The number of hydrogen-bond donors (Lipinski definition) is 2. The second-order valence-electron chi connectivity index (χ2n) is 7.63. The zero-order valence-corrected chi connectivity index (χ0v) is 15.8. The molecule has 1 saturated heterocycles. The molecule has 5 nitrogen and oxygen atoms in total. The van der Waals surface area contributed by atoms with Gasteiger partial charge in [-0.1, -0.05) is 54.6 Å². The van der Waals surface area contributed by atoms with Crippen LogP contribution in [-0.2, 0) is 28.3 Å². The van der Waals surface area contributed by atoms with E-state index in [0.29, 0.717) is 19.6 Å². The molecule has 0 spiro atoms. The SMILES string of the molecule is CC(C)(O)c1ccc(CNC(=O)C2CC(=O)N(Cc3ccccc3)C2)cc1. The Hall–Kier alpha value is -2.66. The van der Waals surface area contributed by atoms with Crippen LogP contribution in [0.2, 0.25) is 0 Å². The average Bonchev–Trinajstić information content (AvgIpc) is 3.01. The number of likely N-dealkylation sites (tertiary alicyclic amines) is 1. The summed E-state index contributed by atoms with van der Waals surface area (Å²) in [4.78, 5) is 26.4. The quantitative estimate of drug-likeness (QED) is 0.826. The summed E-state index contributed by atoms with van der Waals surface area (Å²) >= 11 is 0. The summed E-state index contributed by atoms with van der Waals surface area (Å²) in [7, 11) is 0. The van der Waals surface area contributed by atoms with E-state index in [1.807, 2.05) is 54.6 Å². The van der Waals surface area contributed by atoms with Crippen molar-refractivity contribution in [1.29, 1.82) is 0 Å². The molecular formula is C22H26N2O3. The molecule has 1 aliphatic rings. The summed E-state index contributed by atoms with van der Waals surface area (Å²) in [6.45, 7) is 4.89. The fourth-order valence-corrected chi connectivity index (χ4v) is 3.27. The van der Waals surface area contributed by atoms with E-state index >= 15 is 0 Å². The van der Waals surface area contributed by atoms with Crippen molar-refractivity contribution in [2.24, 2.45) is 5.92 Å². The van der Waals surface area contributed by atoms with Crippen molar-refractivity contribution in [1.82, 2.24) is 10.2 Å². The number of benzene rings is 2. The molecule has 0 bridgehead atoms. The Labute approximate surface area is 160 Å². The predicted molar refractivity (Wildman–Crippen MR) is 103 cm³/mol. The molecule has 1 unspecified atom stereocenters. The minimum Gasteiger partial charge on any atom is -0.386 e. The van der Waals surface area contributed by atoms with Gasteiger partial charge in [-0.3, -0.25) is 9.59 Å². The van der Waals surface area contributed by atoms with E-state index in [9.17, 15) is 14.7 Å². The number of nitrogens with one attached hydrogen (secondary N) is 1. The Morgan fingerprint density at radius 1 is 1.11 bits per heavy atom. The van der Waals surface area contributed by atoms with Crippen LogP contribution in [0.1, 0.15) is 37.0 Å². The van der Waals surface area contributed by atoms with E-state index in [1.165, 1.54) is 0 Å². The molecule has 0 saturated carbocycles. The number of carbonyl (C=O) groups is 2. The molecule has 2 amide bonds. The molecule has 0 aliphatic carbocycles. The zero-order valence-electron chi connectivity index (χ0n) is 15.8. The smallest absolute Gasteiger partial charge is 0.225 e. The molecule has 0 radical (unpaired) electrons. The van der Waals surface area contributed by atoms with Gasteiger partial charge in [-0.15, -0.1) is 0 Å². The largest absolute Gasteiger partial charge is 0.386 e. The van der Waals surface area contributed by atoms with Gasteiger partial charge in [0.2, 0.25) is 11.8 Å². The minimum atomic E-state index is -0.881. The van der Waals surface area contributed by atoms with E-state index in [4.69, 9.17) is 0 Å². The maximum atomic E-state index is 12.5. The van der Waals surface area contributed by atoms with Crippen molar-refractivity contribution >= 4 is 11.8 Å². The second-order valence-corrected chi connectivity index (χ2v) is 7.63. The summed E-state index contributed by atoms with van der Waals surface area (Å²) < 4.78 is 0. The van der Waals surface area contributed by atoms with Gasteiger partial charge < -0.3 is 15.3 Å². The van der Waals surface area contributed by atoms with Gasteiger partial charge in [-0.05, 0) is 30.5 Å². The molecule has 2 N–H and O–H groups in total. The number of aliphatic hydroxyl groups is 1. The Morgan fingerprint density at radius 3 is 2.41 bits per heavy atom. The van der Waals surface area contributed by atoms with E-state index in [0.717, 1.165) is 16.7 Å². The highest BCUT2D eigenvalue weighted by Gasteiger charge is 2.34. The summed E-state index contributed by atoms with van der Waals surface area (Å²) in [5.74, 6) is -0.379. The first-order valence-electron chi connectivity index (χ1n) is 9.24. The molecule has 1 fully saturated rings. The highest BCUT2D eigenvalue weighted by molar-refractivity contribution is 5.89. The third-order valence-corrected chi connectivity index (χ3v) is 4.93. The van der Waals surface area contributed by atoms with Crippen LogP contribution in [0, 0.1) is 5.92 Å². The van der Waals surface area contributed by atoms with Crippen molar-refractivity contribution < 1.29 is 14.7 Å². The molecule has 142 valence electrons. The predicted octanol–water partition coefficient (Wildman–Crippen LogP) is 2.58. The van der Waals surface area contributed by atoms with E-state index < -0.39 is 5.60 Å². The van der Waals surface area contributed by atoms with Crippen molar-refractivity contribution in [2.75, 3.05) is 6.54 Å². The molecular weight excluding hydrogens is 340 g/mol. The van der Waals surface area contributed by atoms with E-state index in [1.54, 1.807) is 18.7 Å². The van der Waals surface area contributed by atoms with Gasteiger partial charge in [0, 0.05) is 26.1 Å². The molecule has 0 aromatic heterocycles. The van der Waals surface area contributed by atoms with Gasteiger partial charge in [0.25, 0.3) is 0 Å². The van der Waals surface area contributed by atoms with Gasteiger partial charge >= 0.3 is 0 Å². The highest BCUT2D eigenvalue weighted by Crippen LogP contribution is 2.21. The van der Waals surface area contributed by atoms with Crippen LogP contribution in [0.3, 0.4) is 0 Å². The third kappa shape index (κ3) is 4.95. The van der Waals surface area contributed by atoms with E-state index in [2.05, 4.69) is 5.32 Å². The summed E-state index contributed by atoms with van der Waals surface area (Å²) in [5, 5.41) is 12.9. The molecule has 2 aromatic rings. The lowest BCUT2D eigenvalue weighted by atomic mass is 9.97. The molecule has 27 heavy (non-hydrogen) atoms. The molecule has 1 heterocycles. The Morgan fingerprint density at radius 2 is 1.78 bits per heavy atom. The summed E-state index contributed by atoms with van der Waals surface area (Å²) in [5.41, 5.74) is 1.98. The maximum absolute atomic E-state index is 12.5. The minimum absolute atomic E-state index is 0.0218. The monoisotopic (exact) mass is 366 g/mol. The zero-order chi connectivity index (χ0) is 19.4. The molecule has 1 atom stereocenters. The number of carbonyl (C=O) groups excluding carboxylic acids is 2. The van der Waals surface area contributed by atoms with Crippen molar-refractivity contribution in [3.8, 4) is 0 Å². The lowest BCUT2D eigenvalue weighted by Gasteiger charge is -2.18. The average molecular weight is 366 g/mol. The van der Waals surface area contributed by atoms with Gasteiger partial charge in [0.1, 0.15) is 0 Å². The van der Waals surface area contributed by atoms with Crippen LogP contribution in [0.15, 0.2) is 54.6 Å². The number of rotatable bonds is 6. The van der Waals surface area contributed by atoms with Crippen LogP contribution in [-0.4, -0.2) is 28.4 Å². The fraction of sp³-hybridized carbons (Fsp3) is 0.364. The van der Waals surface area contributed by atoms with Crippen LogP contribution >= 0.6 is 0 Å². The van der Waals surface area contributed by atoms with Crippen molar-refractivity contribution in [2.45, 2.75) is 39.0 Å². The Bertz CT molecular complexity index is 795. The van der Waals surface area contributed by atoms with Gasteiger partial charge in [0.05, 0.1) is 11.5 Å². The number of hydrogen-bond acceptors (Lipinski definition) is 3. The van der Waals surface area contributed by atoms with Crippen LogP contribution < -0.4 is 5.32 Å². The van der Waals surface area contributed by atoms with Crippen LogP contribution in [0.5, 0.6) is 0 Å². The Balaban J connectivity index is 1.52. The molecule has 5 heteroatoms. The number of amides is 2. The normalized spacial score (nSPS) is 17.2. The molecule has 2 aromatic carbocycles. The third-order valence-electron chi connectivity index (χ3n) is 4.93. The highest BCUT2D eigenvalue weighted by atomic mass is 16.3. The van der Waals surface area contributed by atoms with Crippen LogP contribution in [0.25, 0.3) is 0 Å². The fourth-order valence-electron chi connectivity index (χ4n) is 3.27. The van der Waals surface area contributed by atoms with Gasteiger partial charge in [-0.2, -0.15) is 0 Å². The standard InChI is InChI=1S/C22H26N2O3/c1-22(2,27)19-10-8-16(9-11-19)13-23-21(26)18-12-20(25)24(15-18)14-17-6-4-3-5-7-17/h3-11,18,27H,12-15H2,1-2H3,(H,23,26). The first-order valence-corrected chi connectivity index (χ1v) is 9.24. The maximum Gasteiger partial charge on any atom is 0.225 e. The van der Waals surface area contributed by atoms with Crippen LogP contribution in [0.4, 0.5) is 0 Å². The lowest BCUT2D eigenvalue weighted by Crippen LogP contribution is -2.32. The van der Waals surface area contributed by atoms with E-state index in [-0.39, 0.29) is 24.2 Å². The van der Waals surface area contributed by atoms with Crippen molar-refractivity contribution in [3.05, 3.63) is 71.3 Å². The molecule has 1 aliphatic heterocycles. The Kier molecular flexibility index (Phi) is 5.61. The second kappa shape index (κ2) is 7.92. The van der Waals surface area contributed by atoms with Gasteiger partial charge in [-0.25, -0.2) is 0 Å². The summed E-state index contributed by atoms with van der Waals surface area (Å²) in [6, 6.07) is 17.3. The first-order chi connectivity index (χ1) is 12.8. The van der Waals surface area contributed by atoms with Gasteiger partial charge in [0.15, 0.2) is 0 Å². The topological polar surface area (TPSA) is 69.6 Å².